The van der Waals surface area contributed by atoms with Crippen molar-refractivity contribution in [2.24, 2.45) is 0 Å². The van der Waals surface area contributed by atoms with Gasteiger partial charge in [-0.25, -0.2) is 4.79 Å². The summed E-state index contributed by atoms with van der Waals surface area (Å²) in [6.45, 7) is 5.27. The number of carbonyl (C=O) groups is 1. The lowest BCUT2D eigenvalue weighted by molar-refractivity contribution is -0.260. The zero-order chi connectivity index (χ0) is 20.6. The van der Waals surface area contributed by atoms with E-state index in [1.165, 1.54) is 32.1 Å². The van der Waals surface area contributed by atoms with Crippen molar-refractivity contribution in [3.8, 4) is 0 Å². The number of ether oxygens (including phenoxy) is 4. The molecule has 3 rings (SSSR count). The van der Waals surface area contributed by atoms with E-state index >= 15 is 0 Å². The molecule has 3 heterocycles. The molecule has 3 aliphatic heterocycles. The first kappa shape index (κ1) is 23.0. The number of hydrogen-bond donors (Lipinski definition) is 1. The third-order valence-electron chi connectivity index (χ3n) is 7.17. The zero-order valence-corrected chi connectivity index (χ0v) is 18.2. The Hall–Kier alpha value is -0.690. The van der Waals surface area contributed by atoms with Crippen molar-refractivity contribution in [1.82, 2.24) is 0 Å². The van der Waals surface area contributed by atoms with Gasteiger partial charge in [0.15, 0.2) is 5.60 Å². The monoisotopic (exact) mass is 412 g/mol. The van der Waals surface area contributed by atoms with Crippen molar-refractivity contribution in [3.63, 3.8) is 0 Å². The summed E-state index contributed by atoms with van der Waals surface area (Å²) in [7, 11) is 0. The molecular formula is C23H40O6. The summed E-state index contributed by atoms with van der Waals surface area (Å²) in [6, 6.07) is 0. The van der Waals surface area contributed by atoms with Crippen molar-refractivity contribution in [2.75, 3.05) is 33.0 Å². The molecule has 0 amide bonds. The molecule has 168 valence electrons. The van der Waals surface area contributed by atoms with Crippen LogP contribution in [0.1, 0.15) is 90.4 Å². The lowest BCUT2D eigenvalue weighted by Crippen LogP contribution is -2.70. The van der Waals surface area contributed by atoms with Crippen molar-refractivity contribution in [2.45, 2.75) is 107 Å². The number of carboxylic acids is 1. The minimum Gasteiger partial charge on any atom is -0.479 e. The van der Waals surface area contributed by atoms with E-state index in [1.807, 2.05) is 0 Å². The predicted octanol–water partition coefficient (Wildman–Crippen LogP) is 4.49. The van der Waals surface area contributed by atoms with Gasteiger partial charge in [0.25, 0.3) is 0 Å². The summed E-state index contributed by atoms with van der Waals surface area (Å²) in [6.07, 6.45) is 12.6. The molecule has 0 spiro atoms. The number of unbranched alkanes of at least 4 members (excludes halogenated alkanes) is 5. The van der Waals surface area contributed by atoms with Gasteiger partial charge in [0.2, 0.25) is 0 Å². The molecule has 6 heteroatoms. The lowest BCUT2D eigenvalue weighted by Gasteiger charge is -2.52. The number of hydrogen-bond acceptors (Lipinski definition) is 5. The molecule has 0 aliphatic carbocycles. The Bertz CT molecular complexity index is 501. The van der Waals surface area contributed by atoms with Crippen LogP contribution in [-0.4, -0.2) is 60.9 Å². The summed E-state index contributed by atoms with van der Waals surface area (Å²) in [5.41, 5.74) is -2.84. The molecular weight excluding hydrogens is 372 g/mol. The molecule has 0 bridgehead atoms. The van der Waals surface area contributed by atoms with Gasteiger partial charge in [0.05, 0.1) is 0 Å². The normalized spacial score (nSPS) is 34.8. The van der Waals surface area contributed by atoms with Crippen molar-refractivity contribution >= 4 is 5.97 Å². The van der Waals surface area contributed by atoms with Crippen LogP contribution in [0.4, 0.5) is 0 Å². The largest absolute Gasteiger partial charge is 0.479 e. The molecule has 3 saturated heterocycles. The standard InChI is InChI=1S/C23H40O6/c1-2-3-4-5-6-7-15-26-19-14-21(11-8-16-27-21)23(13-10-18-29-23)22(20(24)25)12-9-17-28-22/h2-19H2,1H3,(H,24,25)/t21-,22-,23+/m1/s1. The average molecular weight is 413 g/mol. The van der Waals surface area contributed by atoms with Crippen LogP contribution in [0, 0.1) is 0 Å². The molecule has 29 heavy (non-hydrogen) atoms. The van der Waals surface area contributed by atoms with Crippen molar-refractivity contribution in [1.29, 1.82) is 0 Å². The molecule has 0 saturated carbocycles. The van der Waals surface area contributed by atoms with Crippen LogP contribution in [0.15, 0.2) is 0 Å². The minimum atomic E-state index is -1.30. The van der Waals surface area contributed by atoms with Gasteiger partial charge in [-0.2, -0.15) is 0 Å². The Labute approximate surface area is 175 Å². The van der Waals surface area contributed by atoms with E-state index in [0.717, 1.165) is 38.7 Å². The van der Waals surface area contributed by atoms with Gasteiger partial charge in [-0.1, -0.05) is 39.0 Å². The topological polar surface area (TPSA) is 74.2 Å². The molecule has 6 nitrogen and oxygen atoms in total. The first-order valence-electron chi connectivity index (χ1n) is 11.9. The van der Waals surface area contributed by atoms with E-state index in [2.05, 4.69) is 6.92 Å². The van der Waals surface area contributed by atoms with Crippen LogP contribution in [0.5, 0.6) is 0 Å². The molecule has 0 unspecified atom stereocenters. The summed E-state index contributed by atoms with van der Waals surface area (Å²) < 4.78 is 24.6. The maximum Gasteiger partial charge on any atom is 0.339 e. The minimum absolute atomic E-state index is 0.474. The van der Waals surface area contributed by atoms with E-state index in [1.54, 1.807) is 0 Å². The molecule has 3 atom stereocenters. The maximum absolute atomic E-state index is 12.4. The van der Waals surface area contributed by atoms with Crippen molar-refractivity contribution in [3.05, 3.63) is 0 Å². The first-order chi connectivity index (χ1) is 14.1. The molecule has 1 N–H and O–H groups in total. The Morgan fingerprint density at radius 2 is 1.55 bits per heavy atom. The summed E-state index contributed by atoms with van der Waals surface area (Å²) in [5, 5.41) is 10.2. The van der Waals surface area contributed by atoms with Gasteiger partial charge >= 0.3 is 5.97 Å². The second kappa shape index (κ2) is 10.6. The fraction of sp³-hybridized carbons (Fsp3) is 0.957. The van der Waals surface area contributed by atoms with Gasteiger partial charge in [-0.15, -0.1) is 0 Å². The highest BCUT2D eigenvalue weighted by atomic mass is 16.6. The van der Waals surface area contributed by atoms with Gasteiger partial charge in [0, 0.05) is 39.5 Å². The second-order valence-corrected chi connectivity index (χ2v) is 8.94. The predicted molar refractivity (Wildman–Crippen MR) is 110 cm³/mol. The van der Waals surface area contributed by atoms with E-state index in [0.29, 0.717) is 45.7 Å². The van der Waals surface area contributed by atoms with Gasteiger partial charge in [-0.3, -0.25) is 0 Å². The number of carboxylic acid groups (broad SMARTS) is 1. The van der Waals surface area contributed by atoms with Gasteiger partial charge < -0.3 is 24.1 Å². The molecule has 0 aromatic carbocycles. The average Bonchev–Trinajstić information content (AvgIpc) is 3.47. The molecule has 0 aromatic rings. The summed E-state index contributed by atoms with van der Waals surface area (Å²) in [5.74, 6) is -0.903. The van der Waals surface area contributed by atoms with Gasteiger partial charge in [-0.05, 0) is 44.9 Å². The fourth-order valence-electron chi connectivity index (χ4n) is 5.72. The van der Waals surface area contributed by atoms with Crippen LogP contribution in [0.25, 0.3) is 0 Å². The zero-order valence-electron chi connectivity index (χ0n) is 18.2. The van der Waals surface area contributed by atoms with E-state index < -0.39 is 22.8 Å². The molecule has 3 fully saturated rings. The maximum atomic E-state index is 12.4. The Kier molecular flexibility index (Phi) is 8.37. The van der Waals surface area contributed by atoms with E-state index in [-0.39, 0.29) is 0 Å². The lowest BCUT2D eigenvalue weighted by atomic mass is 9.65. The number of aliphatic carboxylic acids is 1. The Morgan fingerprint density at radius 1 is 0.862 bits per heavy atom. The summed E-state index contributed by atoms with van der Waals surface area (Å²) >= 11 is 0. The van der Waals surface area contributed by atoms with E-state index in [9.17, 15) is 9.90 Å². The molecule has 3 aliphatic rings. The highest BCUT2D eigenvalue weighted by Crippen LogP contribution is 2.56. The third-order valence-corrected chi connectivity index (χ3v) is 7.17. The molecule has 0 radical (unpaired) electrons. The second-order valence-electron chi connectivity index (χ2n) is 8.94. The highest BCUT2D eigenvalue weighted by Gasteiger charge is 2.71. The number of rotatable bonds is 13. The SMILES string of the molecule is CCCCCCCCOCC[C@@]1([C@]2([C@]3(C(=O)O)CCCO3)CCCO2)CCCO1. The van der Waals surface area contributed by atoms with Crippen LogP contribution >= 0.6 is 0 Å². The Balaban J connectivity index is 1.62. The van der Waals surface area contributed by atoms with Crippen LogP contribution in [0.3, 0.4) is 0 Å². The van der Waals surface area contributed by atoms with Crippen molar-refractivity contribution < 1.29 is 28.8 Å². The Morgan fingerprint density at radius 3 is 2.17 bits per heavy atom. The quantitative estimate of drug-likeness (QED) is 0.450. The smallest absolute Gasteiger partial charge is 0.339 e. The van der Waals surface area contributed by atoms with Crippen LogP contribution < -0.4 is 0 Å². The first-order valence-corrected chi connectivity index (χ1v) is 11.9. The third kappa shape index (κ3) is 4.51. The van der Waals surface area contributed by atoms with Crippen LogP contribution in [0.2, 0.25) is 0 Å². The van der Waals surface area contributed by atoms with Gasteiger partial charge in [0.1, 0.15) is 11.2 Å². The molecule has 0 aromatic heterocycles. The van der Waals surface area contributed by atoms with Crippen LogP contribution in [-0.2, 0) is 23.7 Å². The fourth-order valence-corrected chi connectivity index (χ4v) is 5.72. The highest BCUT2D eigenvalue weighted by molar-refractivity contribution is 5.80. The van der Waals surface area contributed by atoms with E-state index in [4.69, 9.17) is 18.9 Å². The summed E-state index contributed by atoms with van der Waals surface area (Å²) in [4.78, 5) is 12.4.